The molecule has 0 spiro atoms. The van der Waals surface area contributed by atoms with E-state index in [2.05, 4.69) is 0 Å². The molecule has 0 bridgehead atoms. The van der Waals surface area contributed by atoms with Crippen LogP contribution >= 0.6 is 8.25 Å². The summed E-state index contributed by atoms with van der Waals surface area (Å²) in [6, 6.07) is 0. The average Bonchev–Trinajstić information content (AvgIpc) is 2.03. The molecule has 0 fully saturated rings. The Hall–Kier alpha value is 0.247. The van der Waals surface area contributed by atoms with Crippen molar-refractivity contribution < 1.29 is 26.9 Å². The second kappa shape index (κ2) is 7.53. The summed E-state index contributed by atoms with van der Waals surface area (Å²) in [7, 11) is -6.50. The molecule has 0 aliphatic carbocycles. The van der Waals surface area contributed by atoms with E-state index >= 15 is 0 Å². The Morgan fingerprint density at radius 2 is 1.43 bits per heavy atom. The summed E-state index contributed by atoms with van der Waals surface area (Å²) >= 11 is 0. The maximum Gasteiger partial charge on any atom is 0.686 e. The molecule has 0 rings (SSSR count). The van der Waals surface area contributed by atoms with Crippen molar-refractivity contribution in [2.24, 2.45) is 0 Å². The van der Waals surface area contributed by atoms with Gasteiger partial charge in [0.05, 0.1) is 0 Å². The van der Waals surface area contributed by atoms with E-state index in [0.29, 0.717) is 19.8 Å². The molecule has 0 aromatic rings. The summed E-state index contributed by atoms with van der Waals surface area (Å²) in [5, 5.41) is 0. The van der Waals surface area contributed by atoms with Crippen molar-refractivity contribution in [3.8, 4) is 0 Å². The van der Waals surface area contributed by atoms with Crippen molar-refractivity contribution in [3.63, 3.8) is 0 Å². The summed E-state index contributed by atoms with van der Waals surface area (Å²) in [6.45, 7) is 6.12. The van der Waals surface area contributed by atoms with Gasteiger partial charge >= 0.3 is 17.3 Å². The largest absolute Gasteiger partial charge is 0.686 e. The van der Waals surface area contributed by atoms with Crippen LogP contribution in [-0.4, -0.2) is 33.8 Å². The molecule has 0 amide bonds. The Kier molecular flexibility index (Phi) is 7.66. The molecule has 0 radical (unpaired) electrons. The SMILES string of the molecule is CCO[Si](OCC)(OCC)O[PH](=O)O. The molecule has 8 heteroatoms. The van der Waals surface area contributed by atoms with Crippen LogP contribution in [0.3, 0.4) is 0 Å². The van der Waals surface area contributed by atoms with E-state index in [4.69, 9.17) is 22.4 Å². The zero-order chi connectivity index (χ0) is 11.0. The van der Waals surface area contributed by atoms with Crippen LogP contribution in [0.1, 0.15) is 20.8 Å². The molecular weight excluding hydrogens is 227 g/mol. The molecule has 6 nitrogen and oxygen atoms in total. The summed E-state index contributed by atoms with van der Waals surface area (Å²) in [5.41, 5.74) is 0. The minimum absolute atomic E-state index is 0.307. The molecule has 1 atom stereocenters. The first kappa shape index (κ1) is 14.2. The third-order valence-corrected chi connectivity index (χ3v) is 4.80. The Labute approximate surface area is 85.6 Å². The summed E-state index contributed by atoms with van der Waals surface area (Å²) < 4.78 is 30.8. The molecule has 0 saturated heterocycles. The second-order valence-corrected chi connectivity index (χ2v) is 5.38. The lowest BCUT2D eigenvalue weighted by Gasteiger charge is -2.25. The van der Waals surface area contributed by atoms with E-state index in [1.54, 1.807) is 20.8 Å². The number of hydrogen-bond donors (Lipinski definition) is 1. The normalized spacial score (nSPS) is 14.3. The van der Waals surface area contributed by atoms with Crippen LogP contribution in [0.4, 0.5) is 0 Å². The predicted octanol–water partition coefficient (Wildman–Crippen LogP) is 0.930. The molecule has 1 N–H and O–H groups in total. The van der Waals surface area contributed by atoms with Gasteiger partial charge in [-0.3, -0.25) is 8.78 Å². The maximum atomic E-state index is 10.6. The van der Waals surface area contributed by atoms with E-state index in [9.17, 15) is 4.57 Å². The fraction of sp³-hybridized carbons (Fsp3) is 1.00. The highest BCUT2D eigenvalue weighted by Gasteiger charge is 2.46. The van der Waals surface area contributed by atoms with Crippen molar-refractivity contribution >= 4 is 17.3 Å². The Morgan fingerprint density at radius 3 is 1.64 bits per heavy atom. The topological polar surface area (TPSA) is 74.2 Å². The molecule has 0 saturated carbocycles. The molecule has 86 valence electrons. The molecule has 0 aliphatic rings. The van der Waals surface area contributed by atoms with Gasteiger partial charge < -0.3 is 18.2 Å². The van der Waals surface area contributed by atoms with Gasteiger partial charge in [0.15, 0.2) is 0 Å². The summed E-state index contributed by atoms with van der Waals surface area (Å²) in [4.78, 5) is 8.69. The molecule has 0 heterocycles. The lowest BCUT2D eigenvalue weighted by Crippen LogP contribution is -2.47. The van der Waals surface area contributed by atoms with Crippen molar-refractivity contribution in [1.82, 2.24) is 0 Å². The fourth-order valence-corrected chi connectivity index (χ4v) is 3.72. The highest BCUT2D eigenvalue weighted by Crippen LogP contribution is 2.25. The van der Waals surface area contributed by atoms with Gasteiger partial charge in [-0.05, 0) is 20.8 Å². The van der Waals surface area contributed by atoms with Crippen molar-refractivity contribution in [2.45, 2.75) is 20.8 Å². The van der Waals surface area contributed by atoms with Gasteiger partial charge in [0.2, 0.25) is 0 Å². The molecule has 0 aromatic carbocycles. The highest BCUT2D eigenvalue weighted by atomic mass is 31.1. The average molecular weight is 244 g/mol. The third kappa shape index (κ3) is 5.21. The third-order valence-electron chi connectivity index (χ3n) is 1.18. The van der Waals surface area contributed by atoms with Gasteiger partial charge in [0.25, 0.3) is 0 Å². The maximum absolute atomic E-state index is 10.6. The van der Waals surface area contributed by atoms with Crippen LogP contribution < -0.4 is 0 Å². The van der Waals surface area contributed by atoms with Crippen molar-refractivity contribution in [3.05, 3.63) is 0 Å². The predicted molar refractivity (Wildman–Crippen MR) is 52.9 cm³/mol. The van der Waals surface area contributed by atoms with E-state index in [1.807, 2.05) is 0 Å². The van der Waals surface area contributed by atoms with Crippen LogP contribution in [-0.2, 0) is 22.1 Å². The van der Waals surface area contributed by atoms with Crippen LogP contribution in [0.2, 0.25) is 0 Å². The first-order chi connectivity index (χ1) is 6.60. The van der Waals surface area contributed by atoms with Crippen LogP contribution in [0.15, 0.2) is 0 Å². The minimum atomic E-state index is -3.38. The Bertz CT molecular complexity index is 161. The van der Waals surface area contributed by atoms with E-state index in [1.165, 1.54) is 0 Å². The lowest BCUT2D eigenvalue weighted by molar-refractivity contribution is 0.00925. The highest BCUT2D eigenvalue weighted by molar-refractivity contribution is 7.34. The Morgan fingerprint density at radius 1 is 1.07 bits per heavy atom. The van der Waals surface area contributed by atoms with E-state index < -0.39 is 17.3 Å². The fourth-order valence-electron chi connectivity index (χ4n) is 0.851. The first-order valence-corrected chi connectivity index (χ1v) is 7.33. The smallest absolute Gasteiger partial charge is 0.351 e. The molecule has 0 aliphatic heterocycles. The molecular formula is C6H17O6PSi. The van der Waals surface area contributed by atoms with Gasteiger partial charge in [-0.1, -0.05) is 0 Å². The Balaban J connectivity index is 4.45. The van der Waals surface area contributed by atoms with Gasteiger partial charge in [-0.15, -0.1) is 0 Å². The zero-order valence-corrected chi connectivity index (χ0v) is 10.6. The lowest BCUT2D eigenvalue weighted by atomic mass is 10.9. The van der Waals surface area contributed by atoms with Crippen molar-refractivity contribution in [2.75, 3.05) is 19.8 Å². The molecule has 1 unspecified atom stereocenters. The van der Waals surface area contributed by atoms with Gasteiger partial charge in [0, 0.05) is 19.8 Å². The van der Waals surface area contributed by atoms with Gasteiger partial charge in [-0.25, -0.2) is 0 Å². The first-order valence-electron chi connectivity index (χ1n) is 4.44. The summed E-state index contributed by atoms with van der Waals surface area (Å²) in [6.07, 6.45) is 0. The van der Waals surface area contributed by atoms with Gasteiger partial charge in [-0.2, -0.15) is 0 Å². The van der Waals surface area contributed by atoms with E-state index in [-0.39, 0.29) is 0 Å². The van der Waals surface area contributed by atoms with Gasteiger partial charge in [0.1, 0.15) is 0 Å². The minimum Gasteiger partial charge on any atom is -0.351 e. The second-order valence-electron chi connectivity index (χ2n) is 2.17. The van der Waals surface area contributed by atoms with Crippen LogP contribution in [0, 0.1) is 0 Å². The van der Waals surface area contributed by atoms with Crippen LogP contribution in [0.5, 0.6) is 0 Å². The van der Waals surface area contributed by atoms with Crippen LogP contribution in [0.25, 0.3) is 0 Å². The monoisotopic (exact) mass is 244 g/mol. The zero-order valence-electron chi connectivity index (χ0n) is 8.61. The summed E-state index contributed by atoms with van der Waals surface area (Å²) in [5.74, 6) is 0. The number of rotatable bonds is 8. The number of hydrogen-bond acceptors (Lipinski definition) is 5. The van der Waals surface area contributed by atoms with E-state index in [0.717, 1.165) is 0 Å². The molecule has 0 aromatic heterocycles. The molecule has 14 heavy (non-hydrogen) atoms. The van der Waals surface area contributed by atoms with Crippen molar-refractivity contribution in [1.29, 1.82) is 0 Å². The standard InChI is InChI=1S/C6H17O6PSi/c1-4-9-14(10-5-2,11-6-3)12-13(7)8/h13H,4-6H2,1-3H3,(H,7,8). The quantitative estimate of drug-likeness (QED) is 0.505.